The van der Waals surface area contributed by atoms with Crippen molar-refractivity contribution in [2.45, 2.75) is 87.5 Å². The molecule has 0 aromatic carbocycles. The lowest BCUT2D eigenvalue weighted by Gasteiger charge is -2.58. The number of epoxide rings is 1. The molecule has 10 heteroatoms. The maximum Gasteiger partial charge on any atom is 0.331 e. The molecule has 10 nitrogen and oxygen atoms in total. The van der Waals surface area contributed by atoms with E-state index in [0.717, 1.165) is 6.42 Å². The first-order valence-electron chi connectivity index (χ1n) is 13.7. The van der Waals surface area contributed by atoms with Gasteiger partial charge in [0.1, 0.15) is 36.1 Å². The summed E-state index contributed by atoms with van der Waals surface area (Å²) in [6.45, 7) is 4.93. The van der Waals surface area contributed by atoms with Crippen molar-refractivity contribution in [1.82, 2.24) is 0 Å². The predicted octanol–water partition coefficient (Wildman–Crippen LogP) is 1.40. The van der Waals surface area contributed by atoms with Crippen LogP contribution in [0.2, 0.25) is 0 Å². The van der Waals surface area contributed by atoms with Crippen molar-refractivity contribution >= 4 is 11.9 Å². The van der Waals surface area contributed by atoms with Gasteiger partial charge in [-0.15, -0.1) is 0 Å². The first-order chi connectivity index (χ1) is 18.7. The second-order valence-electron chi connectivity index (χ2n) is 12.1. The molecule has 2 N–H and O–H groups in total. The molecule has 39 heavy (non-hydrogen) atoms. The lowest BCUT2D eigenvalue weighted by atomic mass is 9.51. The van der Waals surface area contributed by atoms with Gasteiger partial charge in [-0.05, 0) is 37.8 Å². The van der Waals surface area contributed by atoms with E-state index >= 15 is 0 Å². The van der Waals surface area contributed by atoms with Gasteiger partial charge in [0.2, 0.25) is 0 Å². The van der Waals surface area contributed by atoms with E-state index in [-0.39, 0.29) is 25.4 Å². The molecule has 0 aromatic heterocycles. The summed E-state index contributed by atoms with van der Waals surface area (Å²) in [6, 6.07) is 0. The second-order valence-corrected chi connectivity index (χ2v) is 12.1. The van der Waals surface area contributed by atoms with E-state index in [2.05, 4.69) is 19.9 Å². The standard InChI is InChI=1S/C29H34O10/c1-16-6-9-27-14-34-22(31)12-17-7-10-35-28(23(32)25(33)39-24(17)28)8-4-3-5-21(30)38-18-13-20(37-19(27)11-16)29(15-36-29)26(18,27)2/h3-5,8,11-12,18-20,23-25,32-33H,6-7,9-10,13-15H2,1-2H3/b5-3-,8-4+,17-12-/t18-,19-,20-,23?,24-,25?,26-,27-,28-,29?/m1/s1. The maximum atomic E-state index is 13.3. The molecule has 4 saturated heterocycles. The predicted molar refractivity (Wildman–Crippen MR) is 133 cm³/mol. The molecule has 5 heterocycles. The number of allylic oxidation sites excluding steroid dienone is 3. The van der Waals surface area contributed by atoms with E-state index < -0.39 is 58.6 Å². The molecule has 7 aliphatic rings. The summed E-state index contributed by atoms with van der Waals surface area (Å²) >= 11 is 0. The number of aliphatic hydroxyl groups is 2. The lowest BCUT2D eigenvalue weighted by molar-refractivity contribution is -0.232. The molecule has 2 spiro atoms. The summed E-state index contributed by atoms with van der Waals surface area (Å²) in [6.07, 6.45) is 6.94. The first kappa shape index (κ1) is 25.6. The Kier molecular flexibility index (Phi) is 5.64. The maximum absolute atomic E-state index is 13.3. The third-order valence-electron chi connectivity index (χ3n) is 10.4. The van der Waals surface area contributed by atoms with Crippen LogP contribution in [0.15, 0.2) is 47.6 Å². The summed E-state index contributed by atoms with van der Waals surface area (Å²) in [5.74, 6) is -1.08. The quantitative estimate of drug-likeness (QED) is 0.263. The Labute approximate surface area is 226 Å². The third kappa shape index (κ3) is 3.36. The van der Waals surface area contributed by atoms with Gasteiger partial charge in [-0.3, -0.25) is 0 Å². The van der Waals surface area contributed by atoms with Crippen LogP contribution in [0, 0.1) is 10.8 Å². The van der Waals surface area contributed by atoms with Crippen LogP contribution in [0.3, 0.4) is 0 Å². The number of rotatable bonds is 0. The minimum atomic E-state index is -1.51. The van der Waals surface area contributed by atoms with Crippen molar-refractivity contribution in [3.05, 3.63) is 47.6 Å². The lowest BCUT2D eigenvalue weighted by Crippen LogP contribution is -2.66. The van der Waals surface area contributed by atoms with Gasteiger partial charge in [0, 0.05) is 24.0 Å². The van der Waals surface area contributed by atoms with Crippen LogP contribution >= 0.6 is 0 Å². The van der Waals surface area contributed by atoms with Gasteiger partial charge in [-0.25, -0.2) is 9.59 Å². The van der Waals surface area contributed by atoms with Crippen LogP contribution in [0.25, 0.3) is 0 Å². The molecular formula is C29H34O10. The number of hydrogen-bond acceptors (Lipinski definition) is 10. The van der Waals surface area contributed by atoms with Gasteiger partial charge in [0.25, 0.3) is 0 Å². The van der Waals surface area contributed by atoms with Crippen molar-refractivity contribution in [2.75, 3.05) is 19.8 Å². The Bertz CT molecular complexity index is 1210. The molecule has 2 aliphatic carbocycles. The van der Waals surface area contributed by atoms with Gasteiger partial charge in [0.15, 0.2) is 6.29 Å². The Hall–Kier alpha value is -2.34. The highest BCUT2D eigenvalue weighted by Crippen LogP contribution is 2.72. The van der Waals surface area contributed by atoms with Gasteiger partial charge in [0.05, 0.1) is 30.8 Å². The number of esters is 2. The minimum Gasteiger partial charge on any atom is -0.462 e. The minimum absolute atomic E-state index is 0.0562. The molecule has 10 atom stereocenters. The van der Waals surface area contributed by atoms with E-state index in [1.807, 2.05) is 0 Å². The van der Waals surface area contributed by atoms with Crippen molar-refractivity contribution < 1.29 is 48.2 Å². The van der Waals surface area contributed by atoms with Gasteiger partial charge in [-0.2, -0.15) is 0 Å². The summed E-state index contributed by atoms with van der Waals surface area (Å²) in [5, 5.41) is 21.1. The molecular weight excluding hydrogens is 508 g/mol. The van der Waals surface area contributed by atoms with Crippen LogP contribution < -0.4 is 0 Å². The molecule has 3 unspecified atom stereocenters. The highest BCUT2D eigenvalue weighted by molar-refractivity contribution is 5.83. The van der Waals surface area contributed by atoms with Crippen molar-refractivity contribution in [1.29, 1.82) is 0 Å². The fraction of sp³-hybridized carbons (Fsp3) is 0.655. The summed E-state index contributed by atoms with van der Waals surface area (Å²) in [4.78, 5) is 26.4. The highest BCUT2D eigenvalue weighted by atomic mass is 16.7. The van der Waals surface area contributed by atoms with E-state index in [4.69, 9.17) is 28.4 Å². The number of cyclic esters (lactones) is 1. The van der Waals surface area contributed by atoms with Crippen LogP contribution in [0.5, 0.6) is 0 Å². The zero-order valence-corrected chi connectivity index (χ0v) is 22.0. The summed E-state index contributed by atoms with van der Waals surface area (Å²) in [7, 11) is 0. The molecule has 0 aromatic rings. The average molecular weight is 543 g/mol. The molecule has 4 bridgehead atoms. The number of carbonyl (C=O) groups excluding carboxylic acids is 2. The zero-order valence-electron chi connectivity index (χ0n) is 22.0. The highest BCUT2D eigenvalue weighted by Gasteiger charge is 2.83. The monoisotopic (exact) mass is 542 g/mol. The Morgan fingerprint density at radius 1 is 1.00 bits per heavy atom. The van der Waals surface area contributed by atoms with Crippen molar-refractivity contribution in [2.24, 2.45) is 10.8 Å². The van der Waals surface area contributed by atoms with E-state index in [1.165, 1.54) is 23.8 Å². The molecule has 1 saturated carbocycles. The topological polar surface area (TPSA) is 133 Å². The van der Waals surface area contributed by atoms with E-state index in [1.54, 1.807) is 12.2 Å². The number of carbonyl (C=O) groups is 2. The molecule has 0 radical (unpaired) electrons. The number of aliphatic hydroxyl groups excluding tert-OH is 2. The molecule has 5 aliphatic heterocycles. The number of ether oxygens (including phenoxy) is 6. The van der Waals surface area contributed by atoms with Gasteiger partial charge in [-0.1, -0.05) is 30.7 Å². The fourth-order valence-corrected chi connectivity index (χ4v) is 8.14. The van der Waals surface area contributed by atoms with Gasteiger partial charge < -0.3 is 38.6 Å². The Morgan fingerprint density at radius 2 is 1.82 bits per heavy atom. The summed E-state index contributed by atoms with van der Waals surface area (Å²) in [5.41, 5.74) is -1.58. The van der Waals surface area contributed by atoms with Crippen LogP contribution in [-0.4, -0.2) is 90.0 Å². The van der Waals surface area contributed by atoms with E-state index in [9.17, 15) is 19.8 Å². The van der Waals surface area contributed by atoms with Crippen LogP contribution in [0.1, 0.15) is 39.5 Å². The van der Waals surface area contributed by atoms with E-state index in [0.29, 0.717) is 31.4 Å². The molecule has 0 amide bonds. The van der Waals surface area contributed by atoms with Crippen LogP contribution in [0.4, 0.5) is 0 Å². The smallest absolute Gasteiger partial charge is 0.331 e. The first-order valence-corrected chi connectivity index (χ1v) is 13.7. The average Bonchev–Trinajstić information content (AvgIpc) is 3.64. The number of hydrogen-bond donors (Lipinski definition) is 2. The van der Waals surface area contributed by atoms with Crippen molar-refractivity contribution in [3.63, 3.8) is 0 Å². The molecule has 210 valence electrons. The molecule has 5 fully saturated rings. The van der Waals surface area contributed by atoms with Crippen molar-refractivity contribution in [3.8, 4) is 0 Å². The third-order valence-corrected chi connectivity index (χ3v) is 10.4. The Morgan fingerprint density at radius 3 is 2.62 bits per heavy atom. The van der Waals surface area contributed by atoms with Crippen LogP contribution in [-0.2, 0) is 38.0 Å². The zero-order chi connectivity index (χ0) is 27.2. The normalized spacial score (nSPS) is 53.4. The molecule has 7 rings (SSSR count). The summed E-state index contributed by atoms with van der Waals surface area (Å²) < 4.78 is 36.5. The van der Waals surface area contributed by atoms with Gasteiger partial charge >= 0.3 is 11.9 Å². The SMILES string of the molecule is CC1=C[C@H]2O[C@@H]3C[C@H]4OC(=O)/C=C\C=C\[C@]56OCC/C(=C/C(=O)OC[C@@]2(CC1)[C@]4(C)C31CO1)[C@H]5OC(O)C6O. The second kappa shape index (κ2) is 8.58. The fourth-order valence-electron chi connectivity index (χ4n) is 8.14. The largest absolute Gasteiger partial charge is 0.462 e. The Balaban J connectivity index is 1.32.